The molecule has 1 rings (SSSR count). The Bertz CT molecular complexity index is 427. The summed E-state index contributed by atoms with van der Waals surface area (Å²) in [4.78, 5) is 0. The number of ether oxygens (including phenoxy) is 2. The second-order valence-corrected chi connectivity index (χ2v) is 4.42. The van der Waals surface area contributed by atoms with Crippen molar-refractivity contribution in [2.75, 3.05) is 20.3 Å². The van der Waals surface area contributed by atoms with Gasteiger partial charge >= 0.3 is 0 Å². The van der Waals surface area contributed by atoms with Crippen molar-refractivity contribution in [3.8, 4) is 11.8 Å². The van der Waals surface area contributed by atoms with Crippen LogP contribution in [0.1, 0.15) is 24.5 Å². The van der Waals surface area contributed by atoms with Crippen molar-refractivity contribution in [2.24, 2.45) is 0 Å². The van der Waals surface area contributed by atoms with E-state index in [1.54, 1.807) is 7.11 Å². The first-order valence-corrected chi connectivity index (χ1v) is 6.56. The van der Waals surface area contributed by atoms with E-state index in [1.807, 2.05) is 26.0 Å². The minimum Gasteiger partial charge on any atom is -0.475 e. The summed E-state index contributed by atoms with van der Waals surface area (Å²) in [5.74, 6) is 0.781. The van der Waals surface area contributed by atoms with Crippen molar-refractivity contribution in [1.29, 1.82) is 5.26 Å². The molecule has 1 atom stereocenters. The maximum Gasteiger partial charge on any atom is 0.184 e. The molecule has 0 fully saturated rings. The predicted octanol–water partition coefficient (Wildman–Crippen LogP) is 2.41. The highest BCUT2D eigenvalue weighted by Crippen LogP contribution is 2.21. The van der Waals surface area contributed by atoms with E-state index in [-0.39, 0.29) is 6.10 Å². The molecule has 0 saturated heterocycles. The average molecular weight is 262 g/mol. The predicted molar refractivity (Wildman–Crippen MR) is 75.1 cm³/mol. The van der Waals surface area contributed by atoms with Gasteiger partial charge < -0.3 is 14.8 Å². The topological polar surface area (TPSA) is 54.3 Å². The summed E-state index contributed by atoms with van der Waals surface area (Å²) in [5, 5.41) is 12.3. The van der Waals surface area contributed by atoms with Crippen LogP contribution in [0.4, 0.5) is 0 Å². The molecule has 0 aliphatic rings. The number of rotatable bonds is 8. The van der Waals surface area contributed by atoms with Crippen LogP contribution in [0, 0.1) is 18.3 Å². The third kappa shape index (κ3) is 5.29. The van der Waals surface area contributed by atoms with Crippen molar-refractivity contribution in [3.05, 3.63) is 29.3 Å². The molecule has 0 spiro atoms. The fraction of sp³-hybridized carbons (Fsp3) is 0.533. The van der Waals surface area contributed by atoms with E-state index in [2.05, 4.69) is 17.5 Å². The number of hydrogen-bond acceptors (Lipinski definition) is 4. The number of benzene rings is 1. The molecule has 4 nitrogen and oxygen atoms in total. The van der Waals surface area contributed by atoms with Crippen LogP contribution in [0.15, 0.2) is 18.2 Å². The lowest BCUT2D eigenvalue weighted by atomic mass is 10.1. The Morgan fingerprint density at radius 3 is 2.84 bits per heavy atom. The van der Waals surface area contributed by atoms with Crippen molar-refractivity contribution >= 4 is 0 Å². The van der Waals surface area contributed by atoms with Crippen LogP contribution < -0.4 is 10.1 Å². The Hall–Kier alpha value is -1.57. The molecule has 1 aromatic carbocycles. The Morgan fingerprint density at radius 2 is 2.21 bits per heavy atom. The third-order valence-electron chi connectivity index (χ3n) is 2.80. The van der Waals surface area contributed by atoms with Gasteiger partial charge in [-0.25, -0.2) is 0 Å². The highest BCUT2D eigenvalue weighted by atomic mass is 16.5. The van der Waals surface area contributed by atoms with Gasteiger partial charge in [0, 0.05) is 25.8 Å². The quantitative estimate of drug-likeness (QED) is 0.731. The molecular weight excluding hydrogens is 240 g/mol. The van der Waals surface area contributed by atoms with Gasteiger partial charge in [0.25, 0.3) is 0 Å². The summed E-state index contributed by atoms with van der Waals surface area (Å²) in [7, 11) is 1.68. The number of nitrogens with zero attached hydrogens (tertiary/aromatic N) is 1. The zero-order valence-corrected chi connectivity index (χ0v) is 11.9. The zero-order chi connectivity index (χ0) is 14.1. The molecule has 0 aromatic heterocycles. The van der Waals surface area contributed by atoms with Gasteiger partial charge in [-0.1, -0.05) is 24.6 Å². The summed E-state index contributed by atoms with van der Waals surface area (Å²) >= 11 is 0. The summed E-state index contributed by atoms with van der Waals surface area (Å²) < 4.78 is 10.7. The maximum atomic E-state index is 8.97. The first-order valence-electron chi connectivity index (χ1n) is 6.56. The van der Waals surface area contributed by atoms with Crippen LogP contribution in [-0.2, 0) is 11.3 Å². The molecule has 4 heteroatoms. The molecule has 0 amide bonds. The number of nitriles is 1. The summed E-state index contributed by atoms with van der Waals surface area (Å²) in [6.45, 7) is 6.17. The first kappa shape index (κ1) is 15.5. The van der Waals surface area contributed by atoms with Gasteiger partial charge in [-0.05, 0) is 19.4 Å². The van der Waals surface area contributed by atoms with E-state index < -0.39 is 0 Å². The molecule has 0 radical (unpaired) electrons. The molecule has 0 aliphatic carbocycles. The summed E-state index contributed by atoms with van der Waals surface area (Å²) in [6, 6.07) is 8.17. The molecule has 104 valence electrons. The smallest absolute Gasteiger partial charge is 0.184 e. The Balaban J connectivity index is 2.71. The highest BCUT2D eigenvalue weighted by Gasteiger charge is 2.10. The van der Waals surface area contributed by atoms with Crippen molar-refractivity contribution < 1.29 is 9.47 Å². The number of aryl methyl sites for hydroxylation is 1. The van der Waals surface area contributed by atoms with Crippen LogP contribution >= 0.6 is 0 Å². The molecule has 19 heavy (non-hydrogen) atoms. The highest BCUT2D eigenvalue weighted by molar-refractivity contribution is 5.37. The Labute approximate surface area is 115 Å². The van der Waals surface area contributed by atoms with Gasteiger partial charge in [-0.3, -0.25) is 0 Å². The molecule has 0 bridgehead atoms. The van der Waals surface area contributed by atoms with Crippen molar-refractivity contribution in [3.63, 3.8) is 0 Å². The normalized spacial score (nSPS) is 11.9. The minimum absolute atomic E-state index is 0.388. The monoisotopic (exact) mass is 262 g/mol. The van der Waals surface area contributed by atoms with Crippen molar-refractivity contribution in [1.82, 2.24) is 5.32 Å². The number of methoxy groups -OCH3 is 1. The number of nitrogens with one attached hydrogen (secondary N) is 1. The molecular formula is C15H22N2O2. The average Bonchev–Trinajstić information content (AvgIpc) is 2.43. The largest absolute Gasteiger partial charge is 0.475 e. The second kappa shape index (κ2) is 8.52. The van der Waals surface area contributed by atoms with Gasteiger partial charge in [0.1, 0.15) is 11.8 Å². The van der Waals surface area contributed by atoms with Gasteiger partial charge in [0.2, 0.25) is 0 Å². The summed E-state index contributed by atoms with van der Waals surface area (Å²) in [5.41, 5.74) is 2.26. The van der Waals surface area contributed by atoms with Crippen molar-refractivity contribution in [2.45, 2.75) is 32.9 Å². The van der Waals surface area contributed by atoms with Crippen LogP contribution in [-0.4, -0.2) is 26.4 Å². The molecule has 0 heterocycles. The van der Waals surface area contributed by atoms with E-state index >= 15 is 0 Å². The van der Waals surface area contributed by atoms with E-state index in [1.165, 1.54) is 5.56 Å². The van der Waals surface area contributed by atoms with Crippen LogP contribution in [0.5, 0.6) is 5.75 Å². The molecule has 0 saturated carbocycles. The summed E-state index contributed by atoms with van der Waals surface area (Å²) in [6.07, 6.45) is 0.293. The van der Waals surface area contributed by atoms with Gasteiger partial charge in [-0.2, -0.15) is 5.26 Å². The SMILES string of the molecule is CCC(C#N)Oc1ccc(C)cc1CNCCOC. The Kier molecular flexibility index (Phi) is 6.94. The fourth-order valence-electron chi connectivity index (χ4n) is 1.71. The second-order valence-electron chi connectivity index (χ2n) is 4.42. The standard InChI is InChI=1S/C15H22N2O2/c1-4-14(10-16)19-15-6-5-12(2)9-13(15)11-17-7-8-18-3/h5-6,9,14,17H,4,7-8,11H2,1-3H3. The van der Waals surface area contributed by atoms with Crippen LogP contribution in [0.3, 0.4) is 0 Å². The van der Waals surface area contributed by atoms with Gasteiger partial charge in [0.15, 0.2) is 6.10 Å². The zero-order valence-electron chi connectivity index (χ0n) is 11.9. The molecule has 1 N–H and O–H groups in total. The lowest BCUT2D eigenvalue weighted by Crippen LogP contribution is -2.20. The number of hydrogen-bond donors (Lipinski definition) is 1. The fourth-order valence-corrected chi connectivity index (χ4v) is 1.71. The maximum absolute atomic E-state index is 8.97. The Morgan fingerprint density at radius 1 is 1.42 bits per heavy atom. The van der Waals surface area contributed by atoms with E-state index in [0.717, 1.165) is 17.9 Å². The van der Waals surface area contributed by atoms with Crippen LogP contribution in [0.25, 0.3) is 0 Å². The van der Waals surface area contributed by atoms with Gasteiger partial charge in [0.05, 0.1) is 6.61 Å². The van der Waals surface area contributed by atoms with E-state index in [9.17, 15) is 0 Å². The van der Waals surface area contributed by atoms with E-state index in [0.29, 0.717) is 19.6 Å². The van der Waals surface area contributed by atoms with E-state index in [4.69, 9.17) is 14.7 Å². The van der Waals surface area contributed by atoms with Crippen LogP contribution in [0.2, 0.25) is 0 Å². The third-order valence-corrected chi connectivity index (χ3v) is 2.80. The molecule has 1 unspecified atom stereocenters. The minimum atomic E-state index is -0.388. The molecule has 1 aromatic rings. The lowest BCUT2D eigenvalue weighted by Gasteiger charge is -2.15. The van der Waals surface area contributed by atoms with Gasteiger partial charge in [-0.15, -0.1) is 0 Å². The molecule has 0 aliphatic heterocycles. The first-order chi connectivity index (χ1) is 9.21. The lowest BCUT2D eigenvalue weighted by molar-refractivity contribution is 0.198.